The number of amides is 1. The zero-order valence-corrected chi connectivity index (χ0v) is 23.9. The second-order valence-electron chi connectivity index (χ2n) is 8.57. The third-order valence-electron chi connectivity index (χ3n) is 5.60. The molecule has 5 aromatic rings. The predicted molar refractivity (Wildman–Crippen MR) is 158 cm³/mol. The number of hydrogen-bond acceptors (Lipinski definition) is 7. The van der Waals surface area contributed by atoms with Gasteiger partial charge in [-0.05, 0) is 48.9 Å². The van der Waals surface area contributed by atoms with Gasteiger partial charge < -0.3 is 10.1 Å². The van der Waals surface area contributed by atoms with Crippen molar-refractivity contribution in [1.82, 2.24) is 19.7 Å². The van der Waals surface area contributed by atoms with E-state index in [0.29, 0.717) is 32.6 Å². The summed E-state index contributed by atoms with van der Waals surface area (Å²) in [6.45, 7) is 2.26. The van der Waals surface area contributed by atoms with Crippen LogP contribution in [0.5, 0.6) is 5.75 Å². The van der Waals surface area contributed by atoms with Gasteiger partial charge in [-0.25, -0.2) is 4.98 Å². The highest BCUT2D eigenvalue weighted by atomic mass is 35.5. The van der Waals surface area contributed by atoms with Gasteiger partial charge in [-0.2, -0.15) is 0 Å². The number of aromatic nitrogens is 4. The van der Waals surface area contributed by atoms with Crippen LogP contribution in [0.25, 0.3) is 5.69 Å². The number of rotatable bonds is 10. The molecular formula is C28H23Cl2N5O2S2. The van der Waals surface area contributed by atoms with Crippen molar-refractivity contribution >= 4 is 57.3 Å². The third-order valence-corrected chi connectivity index (χ3v) is 8.18. The number of aryl methyl sites for hydroxylation is 1. The standard InChI is InChI=1S/C28H23Cl2N5O2S2/c1-18-7-10-21(11-8-18)37-16-25-33-34-28(35(25)20-5-3-2-4-6-20)38-17-26(36)32-27-31-15-22(39-27)13-19-9-12-23(29)24(30)14-19/h2-12,14-15H,13,16-17H2,1H3,(H,31,32,36). The van der Waals surface area contributed by atoms with Gasteiger partial charge in [0.05, 0.1) is 15.8 Å². The number of nitrogens with one attached hydrogen (secondary N) is 1. The molecule has 0 radical (unpaired) electrons. The van der Waals surface area contributed by atoms with E-state index < -0.39 is 0 Å². The Kier molecular flexibility index (Phi) is 8.83. The van der Waals surface area contributed by atoms with Crippen molar-refractivity contribution in [3.8, 4) is 11.4 Å². The highest BCUT2D eigenvalue weighted by Gasteiger charge is 2.17. The SMILES string of the molecule is Cc1ccc(OCc2nnc(SCC(=O)Nc3ncc(Cc4ccc(Cl)c(Cl)c4)s3)n2-c2ccccc2)cc1. The number of hydrogen-bond donors (Lipinski definition) is 1. The zero-order valence-electron chi connectivity index (χ0n) is 20.8. The van der Waals surface area contributed by atoms with E-state index >= 15 is 0 Å². The second-order valence-corrected chi connectivity index (χ2v) is 11.4. The Morgan fingerprint density at radius 2 is 1.82 bits per heavy atom. The molecule has 5 rings (SSSR count). The Morgan fingerprint density at radius 3 is 2.59 bits per heavy atom. The van der Waals surface area contributed by atoms with E-state index in [1.165, 1.54) is 23.1 Å². The van der Waals surface area contributed by atoms with Crippen molar-refractivity contribution in [2.45, 2.75) is 25.1 Å². The minimum absolute atomic E-state index is 0.144. The fourth-order valence-electron chi connectivity index (χ4n) is 3.69. The topological polar surface area (TPSA) is 81.9 Å². The van der Waals surface area contributed by atoms with Gasteiger partial charge in [0.1, 0.15) is 12.4 Å². The molecule has 1 N–H and O–H groups in total. The van der Waals surface area contributed by atoms with Gasteiger partial charge >= 0.3 is 0 Å². The maximum Gasteiger partial charge on any atom is 0.236 e. The first-order valence-corrected chi connectivity index (χ1v) is 14.5. The van der Waals surface area contributed by atoms with Crippen LogP contribution >= 0.6 is 46.3 Å². The summed E-state index contributed by atoms with van der Waals surface area (Å²) in [5, 5.41) is 13.7. The average molecular weight is 597 g/mol. The van der Waals surface area contributed by atoms with Crippen LogP contribution in [0, 0.1) is 6.92 Å². The van der Waals surface area contributed by atoms with E-state index in [4.69, 9.17) is 27.9 Å². The van der Waals surface area contributed by atoms with Gasteiger partial charge in [-0.1, -0.05) is 76.9 Å². The number of thioether (sulfide) groups is 1. The summed E-state index contributed by atoms with van der Waals surface area (Å²) < 4.78 is 7.86. The van der Waals surface area contributed by atoms with Crippen LogP contribution in [0.15, 0.2) is 84.1 Å². The van der Waals surface area contributed by atoms with Gasteiger partial charge in [-0.3, -0.25) is 9.36 Å². The zero-order chi connectivity index (χ0) is 27.2. The molecule has 0 unspecified atom stereocenters. The molecule has 0 bridgehead atoms. The molecule has 39 heavy (non-hydrogen) atoms. The molecular weight excluding hydrogens is 573 g/mol. The van der Waals surface area contributed by atoms with Crippen LogP contribution in [0.2, 0.25) is 10.0 Å². The smallest absolute Gasteiger partial charge is 0.236 e. The van der Waals surface area contributed by atoms with Gasteiger partial charge in [0, 0.05) is 23.2 Å². The maximum atomic E-state index is 12.7. The van der Waals surface area contributed by atoms with Gasteiger partial charge in [-0.15, -0.1) is 21.5 Å². The van der Waals surface area contributed by atoms with Crippen molar-refractivity contribution in [3.05, 3.63) is 111 Å². The van der Waals surface area contributed by atoms with E-state index in [1.807, 2.05) is 78.2 Å². The van der Waals surface area contributed by atoms with Crippen LogP contribution < -0.4 is 10.1 Å². The van der Waals surface area contributed by atoms with E-state index in [1.54, 1.807) is 12.3 Å². The molecule has 0 saturated carbocycles. The minimum atomic E-state index is -0.185. The quantitative estimate of drug-likeness (QED) is 0.171. The summed E-state index contributed by atoms with van der Waals surface area (Å²) in [4.78, 5) is 18.1. The highest BCUT2D eigenvalue weighted by Crippen LogP contribution is 2.27. The molecule has 7 nitrogen and oxygen atoms in total. The fraction of sp³-hybridized carbons (Fsp3) is 0.143. The van der Waals surface area contributed by atoms with Crippen LogP contribution in [0.1, 0.15) is 21.8 Å². The normalized spacial score (nSPS) is 10.9. The van der Waals surface area contributed by atoms with E-state index in [-0.39, 0.29) is 18.3 Å². The van der Waals surface area contributed by atoms with Gasteiger partial charge in [0.25, 0.3) is 0 Å². The molecule has 2 heterocycles. The molecule has 11 heteroatoms. The van der Waals surface area contributed by atoms with Gasteiger partial charge in [0.2, 0.25) is 5.91 Å². The first-order chi connectivity index (χ1) is 18.9. The van der Waals surface area contributed by atoms with Crippen LogP contribution in [-0.4, -0.2) is 31.4 Å². The molecule has 3 aromatic carbocycles. The predicted octanol–water partition coefficient (Wildman–Crippen LogP) is 7.24. The number of carbonyl (C=O) groups is 1. The van der Waals surface area contributed by atoms with Crippen molar-refractivity contribution in [2.75, 3.05) is 11.1 Å². The lowest BCUT2D eigenvalue weighted by Crippen LogP contribution is -2.14. The van der Waals surface area contributed by atoms with Crippen LogP contribution in [0.3, 0.4) is 0 Å². The van der Waals surface area contributed by atoms with Crippen molar-refractivity contribution in [3.63, 3.8) is 0 Å². The Hall–Kier alpha value is -3.37. The Labute approximate surface area is 244 Å². The first kappa shape index (κ1) is 27.2. The molecule has 0 spiro atoms. The largest absolute Gasteiger partial charge is 0.486 e. The molecule has 0 aliphatic carbocycles. The molecule has 0 saturated heterocycles. The third kappa shape index (κ3) is 7.19. The Morgan fingerprint density at radius 1 is 1.03 bits per heavy atom. The minimum Gasteiger partial charge on any atom is -0.486 e. The van der Waals surface area contributed by atoms with Crippen molar-refractivity contribution in [2.24, 2.45) is 0 Å². The summed E-state index contributed by atoms with van der Waals surface area (Å²) in [7, 11) is 0. The number of halogens is 2. The molecule has 0 aliphatic heterocycles. The lowest BCUT2D eigenvalue weighted by Gasteiger charge is -2.11. The lowest BCUT2D eigenvalue weighted by molar-refractivity contribution is -0.113. The molecule has 0 fully saturated rings. The fourth-order valence-corrected chi connectivity index (χ4v) is 5.64. The summed E-state index contributed by atoms with van der Waals surface area (Å²) in [6, 6.07) is 23.1. The number of thiazole rings is 1. The van der Waals surface area contributed by atoms with Crippen molar-refractivity contribution < 1.29 is 9.53 Å². The summed E-state index contributed by atoms with van der Waals surface area (Å²) >= 11 is 14.8. The average Bonchev–Trinajstić information content (AvgIpc) is 3.56. The molecule has 2 aromatic heterocycles. The molecule has 0 atom stereocenters. The number of para-hydroxylation sites is 1. The monoisotopic (exact) mass is 595 g/mol. The van der Waals surface area contributed by atoms with E-state index in [2.05, 4.69) is 20.5 Å². The highest BCUT2D eigenvalue weighted by molar-refractivity contribution is 7.99. The van der Waals surface area contributed by atoms with Crippen molar-refractivity contribution in [1.29, 1.82) is 0 Å². The van der Waals surface area contributed by atoms with Crippen LogP contribution in [-0.2, 0) is 17.8 Å². The Balaban J connectivity index is 1.23. The molecule has 1 amide bonds. The first-order valence-electron chi connectivity index (χ1n) is 11.9. The Bertz CT molecular complexity index is 1570. The van der Waals surface area contributed by atoms with E-state index in [0.717, 1.165) is 27.4 Å². The number of anilines is 1. The van der Waals surface area contributed by atoms with Gasteiger partial charge in [0.15, 0.2) is 16.1 Å². The lowest BCUT2D eigenvalue weighted by atomic mass is 10.1. The number of carbonyl (C=O) groups excluding carboxylic acids is 1. The van der Waals surface area contributed by atoms with Crippen LogP contribution in [0.4, 0.5) is 5.13 Å². The molecule has 0 aliphatic rings. The summed E-state index contributed by atoms with van der Waals surface area (Å²) in [6.07, 6.45) is 2.40. The number of benzene rings is 3. The maximum absolute atomic E-state index is 12.7. The summed E-state index contributed by atoms with van der Waals surface area (Å²) in [5.41, 5.74) is 3.07. The molecule has 198 valence electrons. The number of nitrogens with zero attached hydrogens (tertiary/aromatic N) is 4. The van der Waals surface area contributed by atoms with E-state index in [9.17, 15) is 4.79 Å². The number of ether oxygens (including phenoxy) is 1. The second kappa shape index (κ2) is 12.7. The summed E-state index contributed by atoms with van der Waals surface area (Å²) in [5.74, 6) is 1.34.